The van der Waals surface area contributed by atoms with Crippen molar-refractivity contribution in [3.05, 3.63) is 29.8 Å². The summed E-state index contributed by atoms with van der Waals surface area (Å²) >= 11 is 0. The lowest BCUT2D eigenvalue weighted by atomic mass is 9.96. The Balaban J connectivity index is 2.02. The van der Waals surface area contributed by atoms with Gasteiger partial charge in [0.15, 0.2) is 0 Å². The van der Waals surface area contributed by atoms with E-state index < -0.39 is 0 Å². The highest BCUT2D eigenvalue weighted by molar-refractivity contribution is 5.97. The number of piperidine rings is 1. The summed E-state index contributed by atoms with van der Waals surface area (Å²) in [4.78, 5) is 26.1. The number of hydrogen-bond acceptors (Lipinski definition) is 3. The largest absolute Gasteiger partial charge is 0.507 e. The quantitative estimate of drug-likeness (QED) is 0.888. The smallest absolute Gasteiger partial charge is 0.257 e. The van der Waals surface area contributed by atoms with E-state index in [1.165, 1.54) is 6.07 Å². The molecule has 0 bridgehead atoms. The van der Waals surface area contributed by atoms with E-state index in [0.717, 1.165) is 19.3 Å². The number of hydrogen-bond donors (Lipinski definition) is 2. The van der Waals surface area contributed by atoms with Crippen LogP contribution in [0.2, 0.25) is 0 Å². The van der Waals surface area contributed by atoms with Gasteiger partial charge in [0.2, 0.25) is 5.91 Å². The topological polar surface area (TPSA) is 69.6 Å². The molecule has 2 rings (SSSR count). The van der Waals surface area contributed by atoms with Gasteiger partial charge in [0, 0.05) is 19.6 Å². The molecule has 0 spiro atoms. The number of amides is 2. The van der Waals surface area contributed by atoms with E-state index in [0.29, 0.717) is 25.2 Å². The van der Waals surface area contributed by atoms with Crippen LogP contribution in [0.25, 0.3) is 0 Å². The summed E-state index contributed by atoms with van der Waals surface area (Å²) in [6, 6.07) is 6.52. The van der Waals surface area contributed by atoms with Crippen LogP contribution in [-0.4, -0.2) is 41.5 Å². The fraction of sp³-hybridized carbons (Fsp3) is 0.500. The van der Waals surface area contributed by atoms with Gasteiger partial charge in [-0.15, -0.1) is 0 Å². The normalized spacial score (nSPS) is 18.3. The molecule has 0 radical (unpaired) electrons. The highest BCUT2D eigenvalue weighted by atomic mass is 16.3. The standard InChI is InChI=1S/C16H22N2O3/c1-2-9-17-15(20)12-6-5-10-18(11-12)16(21)13-7-3-4-8-14(13)19/h3-4,7-8,12,19H,2,5-6,9-11H2,1H3,(H,17,20)/t12-/m1/s1. The Bertz CT molecular complexity index is 516. The van der Waals surface area contributed by atoms with Gasteiger partial charge in [-0.25, -0.2) is 0 Å². The molecule has 2 amide bonds. The number of para-hydroxylation sites is 1. The number of rotatable bonds is 4. The van der Waals surface area contributed by atoms with E-state index in [2.05, 4.69) is 5.32 Å². The fourth-order valence-electron chi connectivity index (χ4n) is 2.59. The van der Waals surface area contributed by atoms with Crippen molar-refractivity contribution in [2.45, 2.75) is 26.2 Å². The minimum absolute atomic E-state index is 0.0138. The summed E-state index contributed by atoms with van der Waals surface area (Å²) in [5.74, 6) is -0.354. The number of likely N-dealkylation sites (tertiary alicyclic amines) is 1. The molecule has 2 N–H and O–H groups in total. The summed E-state index contributed by atoms with van der Waals surface area (Å²) in [7, 11) is 0. The second kappa shape index (κ2) is 7.11. The highest BCUT2D eigenvalue weighted by Gasteiger charge is 2.29. The van der Waals surface area contributed by atoms with Crippen molar-refractivity contribution >= 4 is 11.8 Å². The molecule has 1 atom stereocenters. The molecule has 114 valence electrons. The SMILES string of the molecule is CCCNC(=O)[C@@H]1CCCN(C(=O)c2ccccc2O)C1. The molecule has 1 aliphatic rings. The molecule has 0 aromatic heterocycles. The third-order valence-corrected chi connectivity index (χ3v) is 3.76. The number of phenols is 1. The summed E-state index contributed by atoms with van der Waals surface area (Å²) in [6.45, 7) is 3.73. The van der Waals surface area contributed by atoms with Crippen molar-refractivity contribution in [2.24, 2.45) is 5.92 Å². The zero-order valence-electron chi connectivity index (χ0n) is 12.3. The van der Waals surface area contributed by atoms with Crippen LogP contribution >= 0.6 is 0 Å². The number of carbonyl (C=O) groups is 2. The first-order chi connectivity index (χ1) is 10.1. The van der Waals surface area contributed by atoms with Crippen LogP contribution in [0.5, 0.6) is 5.75 Å². The predicted molar refractivity (Wildman–Crippen MR) is 80.0 cm³/mol. The zero-order valence-corrected chi connectivity index (χ0v) is 12.3. The van der Waals surface area contributed by atoms with Crippen molar-refractivity contribution in [1.82, 2.24) is 10.2 Å². The third kappa shape index (κ3) is 3.74. The average molecular weight is 290 g/mol. The van der Waals surface area contributed by atoms with Crippen LogP contribution in [0, 0.1) is 5.92 Å². The summed E-state index contributed by atoms with van der Waals surface area (Å²) in [5, 5.41) is 12.7. The highest BCUT2D eigenvalue weighted by Crippen LogP contribution is 2.22. The van der Waals surface area contributed by atoms with E-state index in [1.54, 1.807) is 23.1 Å². The Morgan fingerprint density at radius 1 is 1.38 bits per heavy atom. The molecular formula is C16H22N2O3. The Labute approximate surface area is 125 Å². The van der Waals surface area contributed by atoms with Crippen molar-refractivity contribution in [3.63, 3.8) is 0 Å². The zero-order chi connectivity index (χ0) is 15.2. The van der Waals surface area contributed by atoms with Gasteiger partial charge < -0.3 is 15.3 Å². The minimum atomic E-state index is -0.207. The van der Waals surface area contributed by atoms with Crippen LogP contribution in [0.3, 0.4) is 0 Å². The maximum Gasteiger partial charge on any atom is 0.257 e. The first kappa shape index (κ1) is 15.4. The second-order valence-corrected chi connectivity index (χ2v) is 5.40. The van der Waals surface area contributed by atoms with Gasteiger partial charge in [-0.3, -0.25) is 9.59 Å². The molecule has 5 nitrogen and oxygen atoms in total. The number of phenolic OH excluding ortho intramolecular Hbond substituents is 1. The van der Waals surface area contributed by atoms with Crippen molar-refractivity contribution in [3.8, 4) is 5.75 Å². The monoisotopic (exact) mass is 290 g/mol. The lowest BCUT2D eigenvalue weighted by molar-refractivity contribution is -0.126. The molecule has 1 aromatic rings. The van der Waals surface area contributed by atoms with Crippen molar-refractivity contribution in [2.75, 3.05) is 19.6 Å². The molecule has 1 heterocycles. The first-order valence-electron chi connectivity index (χ1n) is 7.48. The lowest BCUT2D eigenvalue weighted by Gasteiger charge is -2.32. The van der Waals surface area contributed by atoms with Crippen molar-refractivity contribution < 1.29 is 14.7 Å². The molecule has 5 heteroatoms. The summed E-state index contributed by atoms with van der Waals surface area (Å²) in [5.41, 5.74) is 0.298. The van der Waals surface area contributed by atoms with Crippen molar-refractivity contribution in [1.29, 1.82) is 0 Å². The van der Waals surface area contributed by atoms with Crippen LogP contribution < -0.4 is 5.32 Å². The molecule has 1 fully saturated rings. The van der Waals surface area contributed by atoms with E-state index in [9.17, 15) is 14.7 Å². The maximum atomic E-state index is 12.4. The molecule has 0 aliphatic carbocycles. The number of aromatic hydroxyl groups is 1. The Morgan fingerprint density at radius 3 is 2.86 bits per heavy atom. The third-order valence-electron chi connectivity index (χ3n) is 3.76. The van der Waals surface area contributed by atoms with Crippen LogP contribution in [0.15, 0.2) is 24.3 Å². The van der Waals surface area contributed by atoms with Gasteiger partial charge in [0.25, 0.3) is 5.91 Å². The van der Waals surface area contributed by atoms with Crippen LogP contribution in [-0.2, 0) is 4.79 Å². The summed E-state index contributed by atoms with van der Waals surface area (Å²) in [6.07, 6.45) is 2.52. The van der Waals surface area contributed by atoms with Gasteiger partial charge in [0.05, 0.1) is 11.5 Å². The number of nitrogens with one attached hydrogen (secondary N) is 1. The number of carbonyl (C=O) groups excluding carboxylic acids is 2. The van der Waals surface area contributed by atoms with E-state index >= 15 is 0 Å². The van der Waals surface area contributed by atoms with Gasteiger partial charge in [-0.05, 0) is 31.4 Å². The molecule has 0 saturated carbocycles. The minimum Gasteiger partial charge on any atom is -0.507 e. The fourth-order valence-corrected chi connectivity index (χ4v) is 2.59. The molecule has 1 aliphatic heterocycles. The van der Waals surface area contributed by atoms with Crippen LogP contribution in [0.1, 0.15) is 36.5 Å². The molecule has 1 saturated heterocycles. The summed E-state index contributed by atoms with van der Waals surface area (Å²) < 4.78 is 0. The molecule has 1 aromatic carbocycles. The second-order valence-electron chi connectivity index (χ2n) is 5.40. The number of benzene rings is 1. The lowest BCUT2D eigenvalue weighted by Crippen LogP contribution is -2.45. The molecular weight excluding hydrogens is 268 g/mol. The van der Waals surface area contributed by atoms with E-state index in [4.69, 9.17) is 0 Å². The Hall–Kier alpha value is -2.04. The first-order valence-corrected chi connectivity index (χ1v) is 7.48. The van der Waals surface area contributed by atoms with E-state index in [1.807, 2.05) is 6.92 Å². The van der Waals surface area contributed by atoms with E-state index in [-0.39, 0.29) is 23.5 Å². The van der Waals surface area contributed by atoms with Gasteiger partial charge in [-0.2, -0.15) is 0 Å². The maximum absolute atomic E-state index is 12.4. The number of nitrogens with zero attached hydrogens (tertiary/aromatic N) is 1. The molecule has 0 unspecified atom stereocenters. The molecule has 21 heavy (non-hydrogen) atoms. The van der Waals surface area contributed by atoms with Gasteiger partial charge >= 0.3 is 0 Å². The average Bonchev–Trinajstić information content (AvgIpc) is 2.52. The van der Waals surface area contributed by atoms with Gasteiger partial charge in [-0.1, -0.05) is 19.1 Å². The Kier molecular flexibility index (Phi) is 5.20. The Morgan fingerprint density at radius 2 is 2.14 bits per heavy atom. The predicted octanol–water partition coefficient (Wildman–Crippen LogP) is 1.77. The van der Waals surface area contributed by atoms with Crippen LogP contribution in [0.4, 0.5) is 0 Å². The van der Waals surface area contributed by atoms with Gasteiger partial charge in [0.1, 0.15) is 5.75 Å².